The Balaban J connectivity index is 1.50. The molecule has 2 heterocycles. The van der Waals surface area contributed by atoms with Crippen LogP contribution < -0.4 is 16.2 Å². The van der Waals surface area contributed by atoms with E-state index in [2.05, 4.69) is 16.6 Å². The second-order valence-corrected chi connectivity index (χ2v) is 8.34. The molecule has 3 aromatic rings. The van der Waals surface area contributed by atoms with Crippen LogP contribution in [-0.2, 0) is 4.79 Å². The lowest BCUT2D eigenvalue weighted by molar-refractivity contribution is -0.119. The van der Waals surface area contributed by atoms with Gasteiger partial charge in [-0.2, -0.15) is 0 Å². The molecule has 0 saturated carbocycles. The second kappa shape index (κ2) is 9.43. The van der Waals surface area contributed by atoms with E-state index < -0.39 is 23.6 Å². The van der Waals surface area contributed by atoms with E-state index in [4.69, 9.17) is 18.0 Å². The average Bonchev–Trinajstić information content (AvgIpc) is 3.20. The number of nitrogens with zero attached hydrogens (tertiary/aromatic N) is 2. The Bertz CT molecular complexity index is 1310. The zero-order valence-corrected chi connectivity index (χ0v) is 18.7. The van der Waals surface area contributed by atoms with Crippen LogP contribution in [0.5, 0.6) is 0 Å². The van der Waals surface area contributed by atoms with Crippen LogP contribution in [0.3, 0.4) is 0 Å². The number of pyridine rings is 1. The predicted molar refractivity (Wildman–Crippen MR) is 130 cm³/mol. The van der Waals surface area contributed by atoms with E-state index >= 15 is 0 Å². The number of urea groups is 1. The summed E-state index contributed by atoms with van der Waals surface area (Å²) in [6.45, 7) is -0.198. The molecule has 8 nitrogen and oxygen atoms in total. The minimum Gasteiger partial charge on any atom is -0.376 e. The van der Waals surface area contributed by atoms with Crippen LogP contribution in [0, 0.1) is 12.3 Å². The van der Waals surface area contributed by atoms with E-state index in [1.54, 1.807) is 66.9 Å². The normalized spacial score (nSPS) is 19.3. The largest absolute Gasteiger partial charge is 0.376 e. The van der Waals surface area contributed by atoms with Gasteiger partial charge in [-0.3, -0.25) is 14.2 Å². The minimum absolute atomic E-state index is 0.110. The fourth-order valence-corrected chi connectivity index (χ4v) is 3.86. The molecule has 0 unspecified atom stereocenters. The monoisotopic (exact) mass is 476 g/mol. The number of hydrogen-bond donors (Lipinski definition) is 3. The van der Waals surface area contributed by atoms with E-state index in [0.29, 0.717) is 22.1 Å². The first-order valence-electron chi connectivity index (χ1n) is 10.4. The molecule has 1 saturated heterocycles. The summed E-state index contributed by atoms with van der Waals surface area (Å²) in [5.74, 6) is 1.78. The van der Waals surface area contributed by atoms with Crippen molar-refractivity contribution in [3.05, 3.63) is 88.3 Å². The van der Waals surface area contributed by atoms with Crippen molar-refractivity contribution in [1.29, 1.82) is 0 Å². The van der Waals surface area contributed by atoms with E-state index in [0.717, 1.165) is 0 Å². The molecule has 34 heavy (non-hydrogen) atoms. The molecule has 3 N–H and O–H groups in total. The first-order valence-corrected chi connectivity index (χ1v) is 10.8. The van der Waals surface area contributed by atoms with Gasteiger partial charge in [0.2, 0.25) is 5.91 Å². The quantitative estimate of drug-likeness (QED) is 0.503. The molecule has 1 fully saturated rings. The van der Waals surface area contributed by atoms with Crippen LogP contribution >= 0.6 is 11.6 Å². The number of terminal acetylenes is 1. The molecule has 1 aliphatic rings. The molecule has 3 amide bonds. The molecule has 1 aromatic heterocycles. The highest BCUT2D eigenvalue weighted by Gasteiger charge is 2.47. The molecule has 2 atom stereocenters. The van der Waals surface area contributed by atoms with Gasteiger partial charge in [0.25, 0.3) is 5.56 Å². The van der Waals surface area contributed by atoms with Crippen molar-refractivity contribution < 1.29 is 14.7 Å². The van der Waals surface area contributed by atoms with Crippen LogP contribution in [0.15, 0.2) is 77.7 Å². The maximum atomic E-state index is 13.1. The maximum Gasteiger partial charge on any atom is 0.322 e. The summed E-state index contributed by atoms with van der Waals surface area (Å²) in [6, 6.07) is 16.4. The Morgan fingerprint density at radius 2 is 1.68 bits per heavy atom. The lowest BCUT2D eigenvalue weighted by Crippen LogP contribution is -2.45. The second-order valence-electron chi connectivity index (χ2n) is 7.91. The Morgan fingerprint density at radius 1 is 1.03 bits per heavy atom. The number of nitrogens with one attached hydrogen (secondary N) is 2. The van der Waals surface area contributed by atoms with Gasteiger partial charge in [-0.15, -0.1) is 6.42 Å². The average molecular weight is 477 g/mol. The molecule has 4 rings (SSSR count). The van der Waals surface area contributed by atoms with Gasteiger partial charge in [-0.05, 0) is 54.6 Å². The SMILES string of the molecule is C#C[C@@]1(O)C[C@H](C(=O)Nc2ccc(-n3ccccc3=O)cc2)N(C(=O)Nc2ccc(Cl)cc2)C1. The molecule has 9 heteroatoms. The summed E-state index contributed by atoms with van der Waals surface area (Å²) in [6.07, 6.45) is 7.00. The summed E-state index contributed by atoms with van der Waals surface area (Å²) in [4.78, 5) is 39.2. The minimum atomic E-state index is -1.63. The predicted octanol–water partition coefficient (Wildman–Crippen LogP) is 3.10. The number of β-amino-alcohol motifs (C(OH)–C–C–N with tert-alkyl or cyclic N) is 1. The van der Waals surface area contributed by atoms with Crippen LogP contribution in [0.4, 0.5) is 16.2 Å². The van der Waals surface area contributed by atoms with Gasteiger partial charge in [0.15, 0.2) is 0 Å². The summed E-state index contributed by atoms with van der Waals surface area (Å²) < 4.78 is 1.47. The molecule has 172 valence electrons. The third-order valence-electron chi connectivity index (χ3n) is 5.50. The Labute approximate surface area is 200 Å². The standard InChI is InChI=1S/C25H21ClN4O4/c1-2-25(34)15-21(30(16-25)24(33)28-19-8-6-17(26)7-9-19)23(32)27-18-10-12-20(13-11-18)29-14-4-3-5-22(29)31/h1,3-14,21,34H,15-16H2,(H,27,32)(H,28,33)/t21-,25-/m1/s1. The molecule has 0 radical (unpaired) electrons. The molecule has 0 aliphatic carbocycles. The van der Waals surface area contributed by atoms with Crippen molar-refractivity contribution >= 4 is 34.9 Å². The van der Waals surface area contributed by atoms with E-state index in [-0.39, 0.29) is 18.5 Å². The van der Waals surface area contributed by atoms with Gasteiger partial charge in [-0.1, -0.05) is 23.6 Å². The summed E-state index contributed by atoms with van der Waals surface area (Å²) in [7, 11) is 0. The fraction of sp³-hybridized carbons (Fsp3) is 0.160. The van der Waals surface area contributed by atoms with Gasteiger partial charge >= 0.3 is 6.03 Å². The number of amides is 3. The lowest BCUT2D eigenvalue weighted by atomic mass is 10.0. The summed E-state index contributed by atoms with van der Waals surface area (Å²) in [5, 5.41) is 16.6. The Hall–Kier alpha value is -4.06. The third kappa shape index (κ3) is 4.96. The van der Waals surface area contributed by atoms with Crippen LogP contribution in [0.2, 0.25) is 5.02 Å². The number of carbonyl (C=O) groups is 2. The number of aromatic nitrogens is 1. The number of likely N-dealkylation sites (tertiary alicyclic amines) is 1. The van der Waals surface area contributed by atoms with Crippen LogP contribution in [-0.4, -0.2) is 44.7 Å². The number of hydrogen-bond acceptors (Lipinski definition) is 4. The highest BCUT2D eigenvalue weighted by Crippen LogP contribution is 2.29. The first-order chi connectivity index (χ1) is 16.3. The Morgan fingerprint density at radius 3 is 2.32 bits per heavy atom. The Kier molecular flexibility index (Phi) is 6.41. The molecule has 1 aliphatic heterocycles. The van der Waals surface area contributed by atoms with Crippen molar-refractivity contribution in [3.8, 4) is 18.0 Å². The number of anilines is 2. The summed E-state index contributed by atoms with van der Waals surface area (Å²) >= 11 is 5.88. The van der Waals surface area contributed by atoms with Gasteiger partial charge < -0.3 is 20.6 Å². The van der Waals surface area contributed by atoms with Gasteiger partial charge in [0.1, 0.15) is 11.6 Å². The third-order valence-corrected chi connectivity index (χ3v) is 5.75. The highest BCUT2D eigenvalue weighted by molar-refractivity contribution is 6.30. The topological polar surface area (TPSA) is 104 Å². The molecule has 0 bridgehead atoms. The molecular formula is C25H21ClN4O4. The highest BCUT2D eigenvalue weighted by atomic mass is 35.5. The fourth-order valence-electron chi connectivity index (χ4n) is 3.74. The number of halogens is 1. The van der Waals surface area contributed by atoms with Crippen molar-refractivity contribution in [3.63, 3.8) is 0 Å². The lowest BCUT2D eigenvalue weighted by Gasteiger charge is -2.24. The van der Waals surface area contributed by atoms with Gasteiger partial charge in [-0.25, -0.2) is 4.79 Å². The zero-order chi connectivity index (χ0) is 24.3. The molecular weight excluding hydrogens is 456 g/mol. The molecule has 0 spiro atoms. The van der Waals surface area contributed by atoms with Gasteiger partial charge in [0.05, 0.1) is 6.54 Å². The molecule has 2 aromatic carbocycles. The maximum absolute atomic E-state index is 13.1. The van der Waals surface area contributed by atoms with Crippen LogP contribution in [0.1, 0.15) is 6.42 Å². The smallest absolute Gasteiger partial charge is 0.322 e. The van der Waals surface area contributed by atoms with Crippen molar-refractivity contribution in [1.82, 2.24) is 9.47 Å². The first kappa shape index (κ1) is 23.1. The van der Waals surface area contributed by atoms with Crippen molar-refractivity contribution in [2.75, 3.05) is 17.2 Å². The number of aliphatic hydroxyl groups is 1. The van der Waals surface area contributed by atoms with E-state index in [9.17, 15) is 19.5 Å². The number of rotatable bonds is 4. The van der Waals surface area contributed by atoms with E-state index in [1.807, 2.05) is 0 Å². The number of benzene rings is 2. The number of carbonyl (C=O) groups excluding carboxylic acids is 2. The van der Waals surface area contributed by atoms with E-state index in [1.165, 1.54) is 15.5 Å². The van der Waals surface area contributed by atoms with Gasteiger partial charge in [0, 0.05) is 40.8 Å². The van der Waals surface area contributed by atoms with Crippen molar-refractivity contribution in [2.45, 2.75) is 18.1 Å². The van der Waals surface area contributed by atoms with Crippen LogP contribution in [0.25, 0.3) is 5.69 Å². The zero-order valence-electron chi connectivity index (χ0n) is 17.9. The van der Waals surface area contributed by atoms with Crippen molar-refractivity contribution in [2.24, 2.45) is 0 Å². The summed E-state index contributed by atoms with van der Waals surface area (Å²) in [5.41, 5.74) is -0.225.